The number of nitrogens with zero attached hydrogens (tertiary/aromatic N) is 1. The van der Waals surface area contributed by atoms with Crippen molar-refractivity contribution in [3.05, 3.63) is 59.7 Å². The molecule has 3 N–H and O–H groups in total. The van der Waals surface area contributed by atoms with Gasteiger partial charge in [0.25, 0.3) is 0 Å². The minimum absolute atomic E-state index is 0.167. The number of aromatic nitrogens is 2. The quantitative estimate of drug-likeness (QED) is 0.587. The number of rotatable bonds is 7. The third kappa shape index (κ3) is 4.97. The number of aromatic amines is 1. The molecular formula is C22H26N4O2. The maximum absolute atomic E-state index is 12.8. The van der Waals surface area contributed by atoms with Crippen LogP contribution in [0.2, 0.25) is 0 Å². The molecule has 2 aromatic carbocycles. The fourth-order valence-corrected chi connectivity index (χ4v) is 3.15. The summed E-state index contributed by atoms with van der Waals surface area (Å²) in [6.45, 7) is 6.02. The predicted molar refractivity (Wildman–Crippen MR) is 111 cm³/mol. The van der Waals surface area contributed by atoms with E-state index < -0.39 is 6.04 Å². The fraction of sp³-hybridized carbons (Fsp3) is 0.318. The Balaban J connectivity index is 1.68. The summed E-state index contributed by atoms with van der Waals surface area (Å²) in [5, 5.41) is 5.68. The monoisotopic (exact) mass is 378 g/mol. The van der Waals surface area contributed by atoms with Gasteiger partial charge in [-0.05, 0) is 42.5 Å². The number of imidazole rings is 1. The number of hydrogen-bond acceptors (Lipinski definition) is 3. The molecule has 1 aromatic heterocycles. The summed E-state index contributed by atoms with van der Waals surface area (Å²) in [4.78, 5) is 32.8. The van der Waals surface area contributed by atoms with Crippen LogP contribution in [0.15, 0.2) is 48.5 Å². The van der Waals surface area contributed by atoms with Crippen molar-refractivity contribution in [1.82, 2.24) is 15.3 Å². The molecule has 0 aliphatic heterocycles. The zero-order valence-electron chi connectivity index (χ0n) is 16.5. The van der Waals surface area contributed by atoms with Gasteiger partial charge in [0.15, 0.2) is 0 Å². The predicted octanol–water partition coefficient (Wildman–Crippen LogP) is 3.58. The van der Waals surface area contributed by atoms with Crippen LogP contribution in [0, 0.1) is 12.8 Å². The van der Waals surface area contributed by atoms with E-state index in [1.807, 2.05) is 69.3 Å². The molecule has 0 radical (unpaired) electrons. The Bertz CT molecular complexity index is 944. The molecular weight excluding hydrogens is 352 g/mol. The van der Waals surface area contributed by atoms with Crippen molar-refractivity contribution >= 4 is 28.8 Å². The summed E-state index contributed by atoms with van der Waals surface area (Å²) in [6.07, 6.45) is 0.796. The summed E-state index contributed by atoms with van der Waals surface area (Å²) < 4.78 is 0. The third-order valence-corrected chi connectivity index (χ3v) is 4.60. The van der Waals surface area contributed by atoms with E-state index in [1.165, 1.54) is 0 Å². The second-order valence-corrected chi connectivity index (χ2v) is 7.44. The van der Waals surface area contributed by atoms with Crippen LogP contribution >= 0.6 is 0 Å². The van der Waals surface area contributed by atoms with Crippen molar-refractivity contribution in [2.45, 2.75) is 39.7 Å². The summed E-state index contributed by atoms with van der Waals surface area (Å²) in [6, 6.07) is 14.7. The topological polar surface area (TPSA) is 86.9 Å². The van der Waals surface area contributed by atoms with E-state index in [1.54, 1.807) is 0 Å². The molecule has 0 fully saturated rings. The molecule has 0 saturated heterocycles. The molecule has 0 aliphatic carbocycles. The molecule has 1 unspecified atom stereocenters. The van der Waals surface area contributed by atoms with Crippen LogP contribution in [0.4, 0.5) is 5.95 Å². The lowest BCUT2D eigenvalue weighted by atomic mass is 10.0. The van der Waals surface area contributed by atoms with Gasteiger partial charge in [-0.3, -0.25) is 14.9 Å². The first kappa shape index (κ1) is 19.6. The van der Waals surface area contributed by atoms with Crippen molar-refractivity contribution in [3.8, 4) is 0 Å². The van der Waals surface area contributed by atoms with Crippen molar-refractivity contribution in [3.63, 3.8) is 0 Å². The molecule has 6 heteroatoms. The summed E-state index contributed by atoms with van der Waals surface area (Å²) in [5.41, 5.74) is 3.65. The van der Waals surface area contributed by atoms with E-state index >= 15 is 0 Å². The first-order valence-corrected chi connectivity index (χ1v) is 9.52. The van der Waals surface area contributed by atoms with E-state index in [-0.39, 0.29) is 24.2 Å². The van der Waals surface area contributed by atoms with Crippen LogP contribution < -0.4 is 10.6 Å². The highest BCUT2D eigenvalue weighted by atomic mass is 16.2. The summed E-state index contributed by atoms with van der Waals surface area (Å²) >= 11 is 0. The van der Waals surface area contributed by atoms with Gasteiger partial charge < -0.3 is 10.3 Å². The smallest absolute Gasteiger partial charge is 0.249 e. The lowest BCUT2D eigenvalue weighted by molar-refractivity contribution is -0.126. The van der Waals surface area contributed by atoms with Crippen LogP contribution in [0.1, 0.15) is 31.4 Å². The molecule has 3 aromatic rings. The largest absolute Gasteiger partial charge is 0.344 e. The third-order valence-electron chi connectivity index (χ3n) is 4.60. The molecule has 0 aliphatic rings. The maximum Gasteiger partial charge on any atom is 0.249 e. The molecule has 0 bridgehead atoms. The Morgan fingerprint density at radius 1 is 1.07 bits per heavy atom. The number of nitrogens with one attached hydrogen (secondary N) is 3. The molecule has 0 saturated carbocycles. The van der Waals surface area contributed by atoms with Crippen LogP contribution in [-0.4, -0.2) is 27.8 Å². The van der Waals surface area contributed by atoms with Gasteiger partial charge in [-0.1, -0.05) is 50.2 Å². The van der Waals surface area contributed by atoms with E-state index in [0.717, 1.165) is 22.2 Å². The lowest BCUT2D eigenvalue weighted by Crippen LogP contribution is -2.45. The van der Waals surface area contributed by atoms with Gasteiger partial charge in [0.1, 0.15) is 6.04 Å². The minimum Gasteiger partial charge on any atom is -0.344 e. The Hall–Kier alpha value is -3.15. The molecule has 146 valence electrons. The molecule has 3 rings (SSSR count). The number of fused-ring (bicyclic) bond motifs is 1. The molecule has 1 atom stereocenters. The maximum atomic E-state index is 12.8. The number of benzene rings is 2. The minimum atomic E-state index is -0.621. The lowest BCUT2D eigenvalue weighted by Gasteiger charge is -2.20. The van der Waals surface area contributed by atoms with Crippen molar-refractivity contribution in [1.29, 1.82) is 0 Å². The van der Waals surface area contributed by atoms with Crippen LogP contribution in [0.25, 0.3) is 11.0 Å². The standard InChI is InChI=1S/C22H26N4O2/c1-14(2)12-19(23-20(27)13-16-9-5-4-8-15(16)3)21(28)26-22-24-17-10-6-7-11-18(17)25-22/h4-11,14,19H,12-13H2,1-3H3,(H,23,27)(H2,24,25,26,28). The fourth-order valence-electron chi connectivity index (χ4n) is 3.15. The van der Waals surface area contributed by atoms with E-state index in [0.29, 0.717) is 12.4 Å². The number of anilines is 1. The Morgan fingerprint density at radius 2 is 1.79 bits per heavy atom. The van der Waals surface area contributed by atoms with Crippen LogP contribution in [0.5, 0.6) is 0 Å². The second kappa shape index (κ2) is 8.69. The van der Waals surface area contributed by atoms with Gasteiger partial charge in [0, 0.05) is 0 Å². The number of carbonyl (C=O) groups is 2. The average Bonchev–Trinajstić information content (AvgIpc) is 3.05. The van der Waals surface area contributed by atoms with Crippen molar-refractivity contribution in [2.75, 3.05) is 5.32 Å². The van der Waals surface area contributed by atoms with E-state index in [4.69, 9.17) is 0 Å². The van der Waals surface area contributed by atoms with Gasteiger partial charge in [-0.2, -0.15) is 0 Å². The highest BCUT2D eigenvalue weighted by molar-refractivity contribution is 5.97. The van der Waals surface area contributed by atoms with Gasteiger partial charge in [-0.25, -0.2) is 4.98 Å². The number of para-hydroxylation sites is 2. The van der Waals surface area contributed by atoms with Gasteiger partial charge in [-0.15, -0.1) is 0 Å². The molecule has 0 spiro atoms. The van der Waals surface area contributed by atoms with E-state index in [2.05, 4.69) is 20.6 Å². The van der Waals surface area contributed by atoms with Gasteiger partial charge in [0.2, 0.25) is 17.8 Å². The first-order valence-electron chi connectivity index (χ1n) is 9.52. The van der Waals surface area contributed by atoms with Crippen LogP contribution in [-0.2, 0) is 16.0 Å². The molecule has 2 amide bonds. The highest BCUT2D eigenvalue weighted by Gasteiger charge is 2.23. The van der Waals surface area contributed by atoms with E-state index in [9.17, 15) is 9.59 Å². The second-order valence-electron chi connectivity index (χ2n) is 7.44. The average molecular weight is 378 g/mol. The summed E-state index contributed by atoms with van der Waals surface area (Å²) in [7, 11) is 0. The number of H-pyrrole nitrogens is 1. The first-order chi connectivity index (χ1) is 13.4. The molecule has 28 heavy (non-hydrogen) atoms. The Kier molecular flexibility index (Phi) is 6.09. The Labute approximate surface area is 164 Å². The number of carbonyl (C=O) groups excluding carboxylic acids is 2. The SMILES string of the molecule is Cc1ccccc1CC(=O)NC(CC(C)C)C(=O)Nc1nc2ccccc2[nH]1. The van der Waals surface area contributed by atoms with Gasteiger partial charge >= 0.3 is 0 Å². The van der Waals surface area contributed by atoms with Crippen molar-refractivity contribution in [2.24, 2.45) is 5.92 Å². The zero-order chi connectivity index (χ0) is 20.1. The number of hydrogen-bond donors (Lipinski definition) is 3. The molecule has 1 heterocycles. The van der Waals surface area contributed by atoms with Gasteiger partial charge in [0.05, 0.1) is 17.5 Å². The van der Waals surface area contributed by atoms with Crippen LogP contribution in [0.3, 0.4) is 0 Å². The summed E-state index contributed by atoms with van der Waals surface area (Å²) in [5.74, 6) is 0.198. The zero-order valence-corrected chi connectivity index (χ0v) is 16.5. The number of aryl methyl sites for hydroxylation is 1. The number of amides is 2. The normalized spacial score (nSPS) is 12.1. The van der Waals surface area contributed by atoms with Crippen molar-refractivity contribution < 1.29 is 9.59 Å². The molecule has 6 nitrogen and oxygen atoms in total. The Morgan fingerprint density at radius 3 is 2.50 bits per heavy atom. The highest BCUT2D eigenvalue weighted by Crippen LogP contribution is 2.15.